The molecule has 4 rings (SSSR count). The third-order valence-corrected chi connectivity index (χ3v) is 4.49. The van der Waals surface area contributed by atoms with Gasteiger partial charge in [0.1, 0.15) is 5.52 Å². The van der Waals surface area contributed by atoms with Gasteiger partial charge in [0.05, 0.1) is 16.8 Å². The Morgan fingerprint density at radius 1 is 1.14 bits per heavy atom. The normalized spacial score (nSPS) is 12.1. The number of aryl methyl sites for hydroxylation is 1. The quantitative estimate of drug-likeness (QED) is 0.487. The average Bonchev–Trinajstić information content (AvgIpc) is 3.15. The van der Waals surface area contributed by atoms with Crippen molar-refractivity contribution in [3.05, 3.63) is 53.5 Å². The van der Waals surface area contributed by atoms with Crippen LogP contribution in [0, 0.1) is 12.7 Å². The highest BCUT2D eigenvalue weighted by molar-refractivity contribution is 5.94. The van der Waals surface area contributed by atoms with Crippen LogP contribution in [0.4, 0.5) is 29.2 Å². The number of nitrogens with zero attached hydrogens (tertiary/aromatic N) is 3. The van der Waals surface area contributed by atoms with E-state index >= 15 is 0 Å². The largest absolute Gasteiger partial charge is 0.416 e. The van der Waals surface area contributed by atoms with Gasteiger partial charge in [-0.2, -0.15) is 13.2 Å². The van der Waals surface area contributed by atoms with Gasteiger partial charge in [-0.05, 0) is 31.2 Å². The number of fused-ring (bicyclic) bond motifs is 2. The molecular weight excluding hydrogens is 374 g/mol. The maximum absolute atomic E-state index is 14.6. The van der Waals surface area contributed by atoms with Crippen LogP contribution in [0.15, 0.2) is 36.5 Å². The molecule has 0 amide bonds. The highest BCUT2D eigenvalue weighted by Gasteiger charge is 2.33. The molecule has 2 heterocycles. The van der Waals surface area contributed by atoms with E-state index in [-0.39, 0.29) is 17.0 Å². The first-order valence-corrected chi connectivity index (χ1v) is 8.46. The lowest BCUT2D eigenvalue weighted by Crippen LogP contribution is -2.26. The molecule has 0 saturated carbocycles. The first kappa shape index (κ1) is 18.1. The van der Waals surface area contributed by atoms with E-state index in [1.165, 1.54) is 4.68 Å². The summed E-state index contributed by atoms with van der Waals surface area (Å²) in [5, 5.41) is 5.56. The van der Waals surface area contributed by atoms with Crippen LogP contribution in [0.25, 0.3) is 21.9 Å². The second-order valence-corrected chi connectivity index (χ2v) is 6.79. The van der Waals surface area contributed by atoms with Crippen molar-refractivity contribution in [2.24, 2.45) is 0 Å². The van der Waals surface area contributed by atoms with Crippen molar-refractivity contribution >= 4 is 33.6 Å². The number of benzene rings is 2. The van der Waals surface area contributed by atoms with Crippen molar-refractivity contribution in [3.8, 4) is 0 Å². The standard InChI is InChI=1S/C19H17F4N5/c1-10-4-5-14-12(6-10)16(9-24-14)26-18-25-15-8-11(19(21,22)23)7-13(20)17(15)28(18)27(2)3/h4-9,24H,1-3H3,(H,25,26). The predicted molar refractivity (Wildman–Crippen MR) is 101 cm³/mol. The molecule has 0 unspecified atom stereocenters. The van der Waals surface area contributed by atoms with Gasteiger partial charge >= 0.3 is 6.18 Å². The Kier molecular flexibility index (Phi) is 3.99. The summed E-state index contributed by atoms with van der Waals surface area (Å²) in [6.45, 7) is 1.96. The van der Waals surface area contributed by atoms with Crippen LogP contribution in [0.5, 0.6) is 0 Å². The highest BCUT2D eigenvalue weighted by Crippen LogP contribution is 2.35. The van der Waals surface area contributed by atoms with Crippen molar-refractivity contribution in [1.82, 2.24) is 14.6 Å². The van der Waals surface area contributed by atoms with Crippen LogP contribution < -0.4 is 10.3 Å². The number of H-pyrrole nitrogens is 1. The number of hydrogen-bond donors (Lipinski definition) is 2. The van der Waals surface area contributed by atoms with Crippen LogP contribution >= 0.6 is 0 Å². The molecule has 2 N–H and O–H groups in total. The second kappa shape index (κ2) is 6.15. The number of rotatable bonds is 3. The summed E-state index contributed by atoms with van der Waals surface area (Å²) >= 11 is 0. The molecule has 28 heavy (non-hydrogen) atoms. The monoisotopic (exact) mass is 391 g/mol. The third kappa shape index (κ3) is 2.92. The number of aromatic amines is 1. The molecular formula is C19H17F4N5. The van der Waals surface area contributed by atoms with Crippen LogP contribution in [0.2, 0.25) is 0 Å². The zero-order chi connectivity index (χ0) is 20.2. The molecule has 0 aliphatic rings. The van der Waals surface area contributed by atoms with Crippen LogP contribution in [-0.2, 0) is 6.18 Å². The van der Waals surface area contributed by atoms with E-state index in [0.29, 0.717) is 11.8 Å². The molecule has 0 spiro atoms. The minimum atomic E-state index is -4.65. The Labute approximate surface area is 157 Å². The summed E-state index contributed by atoms with van der Waals surface area (Å²) in [6, 6.07) is 7.21. The predicted octanol–water partition coefficient (Wildman–Crippen LogP) is 4.93. The molecule has 0 aliphatic heterocycles. The Morgan fingerprint density at radius 3 is 2.57 bits per heavy atom. The van der Waals surface area contributed by atoms with Crippen LogP contribution in [-0.4, -0.2) is 28.7 Å². The number of anilines is 2. The van der Waals surface area contributed by atoms with E-state index in [1.54, 1.807) is 25.3 Å². The smallest absolute Gasteiger partial charge is 0.359 e. The number of aromatic nitrogens is 3. The highest BCUT2D eigenvalue weighted by atomic mass is 19.4. The van der Waals surface area contributed by atoms with E-state index in [2.05, 4.69) is 15.3 Å². The van der Waals surface area contributed by atoms with Crippen LogP contribution in [0.1, 0.15) is 11.1 Å². The average molecular weight is 391 g/mol. The molecule has 5 nitrogen and oxygen atoms in total. The number of alkyl halides is 3. The van der Waals surface area contributed by atoms with Crippen molar-refractivity contribution < 1.29 is 17.6 Å². The summed E-state index contributed by atoms with van der Waals surface area (Å²) < 4.78 is 55.1. The van der Waals surface area contributed by atoms with E-state index in [0.717, 1.165) is 22.5 Å². The maximum Gasteiger partial charge on any atom is 0.416 e. The first-order chi connectivity index (χ1) is 13.1. The van der Waals surface area contributed by atoms with Gasteiger partial charge in [-0.1, -0.05) is 11.6 Å². The molecule has 0 aliphatic carbocycles. The van der Waals surface area contributed by atoms with Crippen molar-refractivity contribution in [1.29, 1.82) is 0 Å². The molecule has 0 fully saturated rings. The number of nitrogens with one attached hydrogen (secondary N) is 2. The van der Waals surface area contributed by atoms with Crippen LogP contribution in [0.3, 0.4) is 0 Å². The molecule has 0 radical (unpaired) electrons. The molecule has 2 aromatic heterocycles. The first-order valence-electron chi connectivity index (χ1n) is 8.46. The summed E-state index contributed by atoms with van der Waals surface area (Å²) in [7, 11) is 3.31. The molecule has 9 heteroatoms. The Morgan fingerprint density at radius 2 is 1.89 bits per heavy atom. The van der Waals surface area contributed by atoms with Crippen molar-refractivity contribution in [2.75, 3.05) is 24.4 Å². The summed E-state index contributed by atoms with van der Waals surface area (Å²) in [4.78, 5) is 7.35. The van der Waals surface area contributed by atoms with E-state index < -0.39 is 17.6 Å². The lowest BCUT2D eigenvalue weighted by Gasteiger charge is -2.19. The number of hydrogen-bond acceptors (Lipinski definition) is 3. The minimum Gasteiger partial charge on any atom is -0.359 e. The molecule has 0 bridgehead atoms. The van der Waals surface area contributed by atoms with Gasteiger partial charge in [-0.25, -0.2) is 14.1 Å². The summed E-state index contributed by atoms with van der Waals surface area (Å²) in [5.74, 6) is -0.783. The minimum absolute atomic E-state index is 0.0310. The fraction of sp³-hybridized carbons (Fsp3) is 0.211. The maximum atomic E-state index is 14.6. The zero-order valence-corrected chi connectivity index (χ0v) is 15.3. The fourth-order valence-corrected chi connectivity index (χ4v) is 3.24. The van der Waals surface area contributed by atoms with Crippen molar-refractivity contribution in [2.45, 2.75) is 13.1 Å². The molecule has 4 aromatic rings. The van der Waals surface area contributed by atoms with Gasteiger partial charge < -0.3 is 15.3 Å². The van der Waals surface area contributed by atoms with Gasteiger partial charge in [0.15, 0.2) is 5.82 Å². The SMILES string of the molecule is Cc1ccc2[nH]cc(Nc3nc4cc(C(F)(F)F)cc(F)c4n3N(C)C)c2c1. The molecule has 0 atom stereocenters. The topological polar surface area (TPSA) is 48.9 Å². The second-order valence-electron chi connectivity index (χ2n) is 6.79. The van der Waals surface area contributed by atoms with E-state index in [9.17, 15) is 17.6 Å². The Balaban J connectivity index is 1.89. The van der Waals surface area contributed by atoms with Gasteiger partial charge in [0.25, 0.3) is 0 Å². The molecule has 146 valence electrons. The Bertz CT molecular complexity index is 1190. The number of imidazole rings is 1. The van der Waals surface area contributed by atoms with Gasteiger partial charge in [-0.15, -0.1) is 0 Å². The van der Waals surface area contributed by atoms with E-state index in [1.807, 2.05) is 25.1 Å². The zero-order valence-electron chi connectivity index (χ0n) is 15.3. The van der Waals surface area contributed by atoms with Gasteiger partial charge in [0.2, 0.25) is 5.95 Å². The van der Waals surface area contributed by atoms with Gasteiger partial charge in [0, 0.05) is 31.2 Å². The van der Waals surface area contributed by atoms with Gasteiger partial charge in [-0.3, -0.25) is 0 Å². The third-order valence-electron chi connectivity index (χ3n) is 4.49. The summed E-state index contributed by atoms with van der Waals surface area (Å²) in [6.07, 6.45) is -2.92. The number of halogens is 4. The van der Waals surface area contributed by atoms with Crippen molar-refractivity contribution in [3.63, 3.8) is 0 Å². The summed E-state index contributed by atoms with van der Waals surface area (Å²) in [5.41, 5.74) is 1.45. The fourth-order valence-electron chi connectivity index (χ4n) is 3.24. The lowest BCUT2D eigenvalue weighted by atomic mass is 10.1. The lowest BCUT2D eigenvalue weighted by molar-refractivity contribution is -0.137. The molecule has 2 aromatic carbocycles. The Hall–Kier alpha value is -3.23. The molecule has 0 saturated heterocycles. The van der Waals surface area contributed by atoms with E-state index in [4.69, 9.17) is 0 Å².